The largest absolute Gasteiger partial charge is 0.496 e. The highest BCUT2D eigenvalue weighted by atomic mass is 16.5. The minimum atomic E-state index is 0.715. The van der Waals surface area contributed by atoms with E-state index in [9.17, 15) is 0 Å². The quantitative estimate of drug-likeness (QED) is 0.380. The minimum absolute atomic E-state index is 0.715. The lowest BCUT2D eigenvalue weighted by Gasteiger charge is -2.19. The molecule has 0 aliphatic heterocycles. The second kappa shape index (κ2) is 11.8. The Balaban J connectivity index is 1.72. The monoisotopic (exact) mass is 431 g/mol. The number of nitrogens with zero attached hydrogens (tertiary/aromatic N) is 1. The minimum Gasteiger partial charge on any atom is -0.496 e. The van der Waals surface area contributed by atoms with Crippen molar-refractivity contribution in [2.75, 3.05) is 19.5 Å². The number of ether oxygens (including phenoxy) is 2. The van der Waals surface area contributed by atoms with E-state index in [0.717, 1.165) is 53.4 Å². The molecule has 0 radical (unpaired) electrons. The Morgan fingerprint density at radius 2 is 1.75 bits per heavy atom. The molecule has 5 heteroatoms. The van der Waals surface area contributed by atoms with E-state index in [1.807, 2.05) is 18.3 Å². The molecule has 0 aliphatic rings. The predicted molar refractivity (Wildman–Crippen MR) is 132 cm³/mol. The fourth-order valence-electron chi connectivity index (χ4n) is 3.59. The van der Waals surface area contributed by atoms with Crippen LogP contribution in [-0.2, 0) is 13.0 Å². The van der Waals surface area contributed by atoms with Crippen molar-refractivity contribution in [2.45, 2.75) is 39.7 Å². The van der Waals surface area contributed by atoms with Crippen molar-refractivity contribution in [3.8, 4) is 22.6 Å². The first-order chi connectivity index (χ1) is 15.7. The van der Waals surface area contributed by atoms with E-state index in [0.29, 0.717) is 6.54 Å². The number of anilines is 1. The van der Waals surface area contributed by atoms with E-state index >= 15 is 0 Å². The van der Waals surface area contributed by atoms with Crippen LogP contribution in [0.4, 0.5) is 5.69 Å². The molecule has 0 amide bonds. The van der Waals surface area contributed by atoms with Crippen molar-refractivity contribution in [2.24, 2.45) is 0 Å². The number of hydrogen-bond acceptors (Lipinski definition) is 5. The Kier molecular flexibility index (Phi) is 8.55. The first-order valence-electron chi connectivity index (χ1n) is 11.1. The third-order valence-electron chi connectivity index (χ3n) is 5.23. The lowest BCUT2D eigenvalue weighted by Crippen LogP contribution is -2.19. The van der Waals surface area contributed by atoms with Gasteiger partial charge in [-0.1, -0.05) is 50.6 Å². The molecule has 1 heterocycles. The topological polar surface area (TPSA) is 55.4 Å². The Morgan fingerprint density at radius 3 is 2.38 bits per heavy atom. The van der Waals surface area contributed by atoms with E-state index < -0.39 is 0 Å². The molecule has 2 aromatic carbocycles. The third-order valence-corrected chi connectivity index (χ3v) is 5.23. The maximum Gasteiger partial charge on any atom is 0.146 e. The highest BCUT2D eigenvalue weighted by Crippen LogP contribution is 2.34. The summed E-state index contributed by atoms with van der Waals surface area (Å²) in [7, 11) is 3.38. The van der Waals surface area contributed by atoms with Gasteiger partial charge in [-0.3, -0.25) is 4.98 Å². The second-order valence-electron chi connectivity index (χ2n) is 7.56. The summed E-state index contributed by atoms with van der Waals surface area (Å²) in [5, 5.41) is 7.05. The molecule has 0 unspecified atom stereocenters. The molecule has 2 N–H and O–H groups in total. The van der Waals surface area contributed by atoms with Gasteiger partial charge in [0.05, 0.1) is 25.7 Å². The van der Waals surface area contributed by atoms with Gasteiger partial charge in [-0.2, -0.15) is 0 Å². The van der Waals surface area contributed by atoms with Crippen LogP contribution in [0.25, 0.3) is 11.1 Å². The highest BCUT2D eigenvalue weighted by Gasteiger charge is 2.12. The molecule has 5 nitrogen and oxygen atoms in total. The summed E-state index contributed by atoms with van der Waals surface area (Å²) in [5.74, 6) is 2.57. The van der Waals surface area contributed by atoms with Gasteiger partial charge in [0, 0.05) is 25.0 Å². The lowest BCUT2D eigenvalue weighted by molar-refractivity contribution is 0.392. The van der Waals surface area contributed by atoms with Crippen LogP contribution < -0.4 is 20.1 Å². The fraction of sp³-hybridized carbons (Fsp3) is 0.296. The molecule has 0 saturated heterocycles. The maximum atomic E-state index is 5.62. The van der Waals surface area contributed by atoms with Gasteiger partial charge >= 0.3 is 0 Å². The molecule has 0 spiro atoms. The van der Waals surface area contributed by atoms with Crippen LogP contribution in [0.1, 0.15) is 37.8 Å². The SMILES string of the molecule is CC/C=C(\NCc1ccc(-c2cccnc2)cc1)Nc1cc(CCC)c(OC)cc1OC. The van der Waals surface area contributed by atoms with Gasteiger partial charge in [-0.05, 0) is 53.3 Å². The van der Waals surface area contributed by atoms with Gasteiger partial charge in [-0.25, -0.2) is 0 Å². The molecule has 0 aliphatic carbocycles. The number of aromatic nitrogens is 1. The number of aryl methyl sites for hydroxylation is 1. The van der Waals surface area contributed by atoms with E-state index in [1.165, 1.54) is 11.1 Å². The molecule has 0 saturated carbocycles. The summed E-state index contributed by atoms with van der Waals surface area (Å²) >= 11 is 0. The number of benzene rings is 2. The van der Waals surface area contributed by atoms with E-state index in [4.69, 9.17) is 9.47 Å². The Hall–Kier alpha value is -3.47. The second-order valence-corrected chi connectivity index (χ2v) is 7.56. The van der Waals surface area contributed by atoms with Crippen molar-refractivity contribution in [1.29, 1.82) is 0 Å². The summed E-state index contributed by atoms with van der Waals surface area (Å²) < 4.78 is 11.2. The molecular weight excluding hydrogens is 398 g/mol. The van der Waals surface area contributed by atoms with Crippen LogP contribution in [0, 0.1) is 0 Å². The van der Waals surface area contributed by atoms with Crippen molar-refractivity contribution in [3.05, 3.63) is 83.9 Å². The summed E-state index contributed by atoms with van der Waals surface area (Å²) in [6.07, 6.45) is 8.73. The van der Waals surface area contributed by atoms with Crippen molar-refractivity contribution in [3.63, 3.8) is 0 Å². The van der Waals surface area contributed by atoms with Crippen LogP contribution in [0.2, 0.25) is 0 Å². The first-order valence-corrected chi connectivity index (χ1v) is 11.1. The van der Waals surface area contributed by atoms with Crippen LogP contribution in [-0.4, -0.2) is 19.2 Å². The van der Waals surface area contributed by atoms with Gasteiger partial charge in [0.1, 0.15) is 11.5 Å². The first kappa shape index (κ1) is 23.2. The Labute approximate surface area is 191 Å². The van der Waals surface area contributed by atoms with E-state index in [-0.39, 0.29) is 0 Å². The standard InChI is InChI=1S/C27H33N3O2/c1-5-8-22-16-24(26(32-4)17-25(22)31-3)30-27(9-6-2)29-18-20-11-13-21(14-12-20)23-10-7-15-28-19-23/h7,9-17,19,29-30H,5-6,8,18H2,1-4H3/b27-9+. The molecule has 3 aromatic rings. The maximum absolute atomic E-state index is 5.62. The third kappa shape index (κ3) is 6.03. The Bertz CT molecular complexity index is 1020. The van der Waals surface area contributed by atoms with Crippen molar-refractivity contribution in [1.82, 2.24) is 10.3 Å². The van der Waals surface area contributed by atoms with Crippen molar-refractivity contribution >= 4 is 5.69 Å². The molecule has 1 aromatic heterocycles. The van der Waals surface area contributed by atoms with Crippen LogP contribution in [0.3, 0.4) is 0 Å². The summed E-state index contributed by atoms with van der Waals surface area (Å²) in [6, 6.07) is 16.7. The number of rotatable bonds is 11. The van der Waals surface area contributed by atoms with Gasteiger partial charge < -0.3 is 20.1 Å². The molecule has 32 heavy (non-hydrogen) atoms. The summed E-state index contributed by atoms with van der Waals surface area (Å²) in [5.41, 5.74) is 5.58. The van der Waals surface area contributed by atoms with Gasteiger partial charge in [0.15, 0.2) is 0 Å². The number of methoxy groups -OCH3 is 2. The van der Waals surface area contributed by atoms with E-state index in [1.54, 1.807) is 20.4 Å². The predicted octanol–water partition coefficient (Wildman–Crippen LogP) is 6.17. The average Bonchev–Trinajstić information content (AvgIpc) is 2.84. The molecule has 0 bridgehead atoms. The number of allylic oxidation sites excluding steroid dienone is 1. The lowest BCUT2D eigenvalue weighted by atomic mass is 10.1. The molecule has 168 valence electrons. The zero-order valence-electron chi connectivity index (χ0n) is 19.4. The molecule has 0 fully saturated rings. The van der Waals surface area contributed by atoms with Crippen LogP contribution >= 0.6 is 0 Å². The van der Waals surface area contributed by atoms with Crippen LogP contribution in [0.5, 0.6) is 11.5 Å². The number of hydrogen-bond donors (Lipinski definition) is 2. The Morgan fingerprint density at radius 1 is 0.969 bits per heavy atom. The summed E-state index contributed by atoms with van der Waals surface area (Å²) in [4.78, 5) is 4.20. The normalized spacial score (nSPS) is 11.2. The van der Waals surface area contributed by atoms with E-state index in [2.05, 4.69) is 71.9 Å². The highest BCUT2D eigenvalue weighted by molar-refractivity contribution is 5.65. The number of pyridine rings is 1. The summed E-state index contributed by atoms with van der Waals surface area (Å²) in [6.45, 7) is 5.01. The zero-order valence-corrected chi connectivity index (χ0v) is 19.4. The molecule has 0 atom stereocenters. The van der Waals surface area contributed by atoms with Gasteiger partial charge in [-0.15, -0.1) is 0 Å². The van der Waals surface area contributed by atoms with Gasteiger partial charge in [0.25, 0.3) is 0 Å². The van der Waals surface area contributed by atoms with Crippen LogP contribution in [0.15, 0.2) is 72.8 Å². The molecule has 3 rings (SSSR count). The molecular formula is C27H33N3O2. The van der Waals surface area contributed by atoms with Gasteiger partial charge in [0.2, 0.25) is 0 Å². The zero-order chi connectivity index (χ0) is 22.8. The fourth-order valence-corrected chi connectivity index (χ4v) is 3.59. The van der Waals surface area contributed by atoms with Crippen molar-refractivity contribution < 1.29 is 9.47 Å². The number of nitrogens with one attached hydrogen (secondary N) is 2. The smallest absolute Gasteiger partial charge is 0.146 e. The average molecular weight is 432 g/mol.